The van der Waals surface area contributed by atoms with E-state index in [4.69, 9.17) is 25.6 Å². The van der Waals surface area contributed by atoms with Crippen molar-refractivity contribution in [1.82, 2.24) is 10.3 Å². The van der Waals surface area contributed by atoms with Crippen LogP contribution < -0.4 is 5.32 Å². The molecule has 2 heterocycles. The fraction of sp³-hybridized carbons (Fsp3) is 0.310. The first kappa shape index (κ1) is 26.3. The number of amides is 1. The maximum atomic E-state index is 12.8. The summed E-state index contributed by atoms with van der Waals surface area (Å²) in [5.74, 6) is -0.0941. The minimum atomic E-state index is -0.769. The quantitative estimate of drug-likeness (QED) is 0.299. The van der Waals surface area contributed by atoms with Crippen LogP contribution in [-0.4, -0.2) is 47.7 Å². The summed E-state index contributed by atoms with van der Waals surface area (Å²) in [6.45, 7) is 8.03. The summed E-state index contributed by atoms with van der Waals surface area (Å²) in [7, 11) is -0.769. The largest absolute Gasteiger partial charge is 0.506 e. The van der Waals surface area contributed by atoms with Crippen LogP contribution in [0.3, 0.4) is 0 Å². The van der Waals surface area contributed by atoms with Crippen LogP contribution in [0.1, 0.15) is 50.4 Å². The molecule has 2 N–H and O–H groups in total. The van der Waals surface area contributed by atoms with E-state index in [1.165, 1.54) is 12.1 Å². The number of aromatic hydroxyl groups is 1. The molecule has 2 aliphatic rings. The van der Waals surface area contributed by atoms with Crippen molar-refractivity contribution in [2.24, 2.45) is 0 Å². The summed E-state index contributed by atoms with van der Waals surface area (Å²) in [5.41, 5.74) is 4.23. The Morgan fingerprint density at radius 1 is 1.03 bits per heavy atom. The molecule has 0 spiro atoms. The van der Waals surface area contributed by atoms with Gasteiger partial charge < -0.3 is 24.5 Å². The standard InChI is InChI=1S/C29H30BClN2O5/c1-28(2)29(3,4)38-30(37-28)18(15-24-25(34)13-14-26(31)33-24)16-32-27(35)36-17-23-21-11-7-5-9-19(21)20-10-6-8-12-22(20)23/h5-15,23,34H,16-17H2,1-4H3,(H,32,35). The lowest BCUT2D eigenvalue weighted by molar-refractivity contribution is 0.00578. The van der Waals surface area contributed by atoms with Crippen LogP contribution in [0, 0.1) is 0 Å². The van der Waals surface area contributed by atoms with Gasteiger partial charge in [0.1, 0.15) is 23.2 Å². The van der Waals surface area contributed by atoms with E-state index >= 15 is 0 Å². The van der Waals surface area contributed by atoms with Crippen molar-refractivity contribution >= 4 is 30.9 Å². The van der Waals surface area contributed by atoms with Crippen molar-refractivity contribution in [2.75, 3.05) is 13.2 Å². The summed E-state index contributed by atoms with van der Waals surface area (Å²) in [5, 5.41) is 13.4. The number of ether oxygens (including phenoxy) is 1. The number of hydrogen-bond donors (Lipinski definition) is 2. The molecular weight excluding hydrogens is 503 g/mol. The molecule has 3 aromatic rings. The molecule has 2 aromatic carbocycles. The molecule has 196 valence electrons. The second-order valence-corrected chi connectivity index (χ2v) is 10.9. The van der Waals surface area contributed by atoms with Crippen molar-refractivity contribution in [3.63, 3.8) is 0 Å². The Bertz CT molecular complexity index is 1350. The van der Waals surface area contributed by atoms with Crippen molar-refractivity contribution < 1.29 is 23.9 Å². The number of halogens is 1. The van der Waals surface area contributed by atoms with E-state index in [2.05, 4.69) is 34.6 Å². The second kappa shape index (κ2) is 10.1. The van der Waals surface area contributed by atoms with Gasteiger partial charge in [-0.25, -0.2) is 9.78 Å². The second-order valence-electron chi connectivity index (χ2n) is 10.5. The van der Waals surface area contributed by atoms with E-state index < -0.39 is 24.4 Å². The molecule has 0 radical (unpaired) electrons. The van der Waals surface area contributed by atoms with Gasteiger partial charge in [-0.3, -0.25) is 0 Å². The van der Waals surface area contributed by atoms with Crippen LogP contribution in [0.4, 0.5) is 4.79 Å². The predicted octanol–water partition coefficient (Wildman–Crippen LogP) is 5.99. The van der Waals surface area contributed by atoms with Crippen LogP contribution in [0.5, 0.6) is 5.75 Å². The summed E-state index contributed by atoms with van der Waals surface area (Å²) in [4.78, 5) is 17.0. The maximum Gasteiger partial charge on any atom is 0.492 e. The lowest BCUT2D eigenvalue weighted by Gasteiger charge is -2.32. The zero-order valence-corrected chi connectivity index (χ0v) is 22.6. The number of benzene rings is 2. The number of hydrogen-bond acceptors (Lipinski definition) is 6. The van der Waals surface area contributed by atoms with Crippen LogP contribution in [-0.2, 0) is 14.0 Å². The molecule has 7 nitrogen and oxygen atoms in total. The van der Waals surface area contributed by atoms with Crippen molar-refractivity contribution in [1.29, 1.82) is 0 Å². The molecule has 5 rings (SSSR count). The van der Waals surface area contributed by atoms with Gasteiger partial charge in [0.15, 0.2) is 0 Å². The monoisotopic (exact) mass is 532 g/mol. The van der Waals surface area contributed by atoms with Crippen molar-refractivity contribution in [2.45, 2.75) is 44.8 Å². The number of fused-ring (bicyclic) bond motifs is 3. The molecule has 1 saturated heterocycles. The SMILES string of the molecule is CC1(C)OB(C(=Cc2nc(Cl)ccc2O)CNC(=O)OCC2c3ccccc3-c3ccccc32)OC1(C)C. The highest BCUT2D eigenvalue weighted by molar-refractivity contribution is 6.56. The van der Waals surface area contributed by atoms with E-state index in [1.807, 2.05) is 52.0 Å². The smallest absolute Gasteiger partial charge is 0.492 e. The Morgan fingerprint density at radius 2 is 1.61 bits per heavy atom. The molecule has 1 aliphatic carbocycles. The first-order valence-electron chi connectivity index (χ1n) is 12.6. The maximum absolute atomic E-state index is 12.8. The molecule has 1 fully saturated rings. The Hall–Kier alpha value is -3.33. The number of nitrogens with one attached hydrogen (secondary N) is 1. The van der Waals surface area contributed by atoms with Gasteiger partial charge in [0.05, 0.1) is 11.2 Å². The van der Waals surface area contributed by atoms with E-state index in [0.717, 1.165) is 22.3 Å². The third-order valence-electron chi connectivity index (χ3n) is 7.53. The fourth-order valence-electron chi connectivity index (χ4n) is 4.75. The first-order chi connectivity index (χ1) is 18.1. The van der Waals surface area contributed by atoms with Crippen molar-refractivity contribution in [3.05, 3.63) is 88.1 Å². The minimum absolute atomic E-state index is 0.0427. The Kier molecular flexibility index (Phi) is 6.98. The van der Waals surface area contributed by atoms with Gasteiger partial charge >= 0.3 is 13.2 Å². The minimum Gasteiger partial charge on any atom is -0.506 e. The molecule has 38 heavy (non-hydrogen) atoms. The lowest BCUT2D eigenvalue weighted by atomic mass is 9.77. The molecule has 0 bridgehead atoms. The van der Waals surface area contributed by atoms with Gasteiger partial charge in [-0.15, -0.1) is 0 Å². The highest BCUT2D eigenvalue weighted by atomic mass is 35.5. The third-order valence-corrected chi connectivity index (χ3v) is 7.74. The Labute approximate surface area is 227 Å². The number of rotatable bonds is 6. The lowest BCUT2D eigenvalue weighted by Crippen LogP contribution is -2.41. The topological polar surface area (TPSA) is 89.9 Å². The number of nitrogens with zero attached hydrogens (tertiary/aromatic N) is 1. The van der Waals surface area contributed by atoms with Gasteiger partial charge in [-0.1, -0.05) is 60.1 Å². The van der Waals surface area contributed by atoms with Gasteiger partial charge in [0.2, 0.25) is 0 Å². The van der Waals surface area contributed by atoms with E-state index in [9.17, 15) is 9.90 Å². The molecule has 1 aliphatic heterocycles. The molecule has 9 heteroatoms. The first-order valence-corrected chi connectivity index (χ1v) is 12.9. The van der Waals surface area contributed by atoms with Gasteiger partial charge in [-0.05, 0) is 73.6 Å². The average molecular weight is 533 g/mol. The molecule has 0 unspecified atom stereocenters. The van der Waals surface area contributed by atoms with Crippen LogP contribution >= 0.6 is 11.6 Å². The Morgan fingerprint density at radius 3 is 2.21 bits per heavy atom. The number of carbonyl (C=O) groups is 1. The molecule has 1 aromatic heterocycles. The molecule has 1 amide bonds. The van der Waals surface area contributed by atoms with E-state index in [-0.39, 0.29) is 35.7 Å². The third kappa shape index (κ3) is 5.04. The van der Waals surface area contributed by atoms with Gasteiger partial charge in [0.25, 0.3) is 0 Å². The summed E-state index contributed by atoms with van der Waals surface area (Å²) in [6, 6.07) is 19.3. The number of carbonyl (C=O) groups excluding carboxylic acids is 1. The number of alkyl carbamates (subject to hydrolysis) is 1. The number of aromatic nitrogens is 1. The van der Waals surface area contributed by atoms with Crippen LogP contribution in [0.15, 0.2) is 66.1 Å². The fourth-order valence-corrected chi connectivity index (χ4v) is 4.90. The van der Waals surface area contributed by atoms with Crippen molar-refractivity contribution in [3.8, 4) is 16.9 Å². The summed E-state index contributed by atoms with van der Waals surface area (Å²) >= 11 is 6.05. The zero-order chi connectivity index (χ0) is 27.1. The molecular formula is C29H30BClN2O5. The van der Waals surface area contributed by atoms with E-state index in [1.54, 1.807) is 6.08 Å². The zero-order valence-electron chi connectivity index (χ0n) is 21.8. The molecule has 0 saturated carbocycles. The summed E-state index contributed by atoms with van der Waals surface area (Å²) < 4.78 is 18.1. The molecule has 0 atom stereocenters. The van der Waals surface area contributed by atoms with Gasteiger partial charge in [-0.2, -0.15) is 0 Å². The van der Waals surface area contributed by atoms with E-state index in [0.29, 0.717) is 5.47 Å². The average Bonchev–Trinajstić information content (AvgIpc) is 3.31. The normalized spacial score (nSPS) is 17.7. The Balaban J connectivity index is 1.31. The van der Waals surface area contributed by atoms with Crippen LogP contribution in [0.25, 0.3) is 17.2 Å². The highest BCUT2D eigenvalue weighted by Crippen LogP contribution is 2.44. The van der Waals surface area contributed by atoms with Crippen LogP contribution in [0.2, 0.25) is 5.15 Å². The number of pyridine rings is 1. The van der Waals surface area contributed by atoms with Gasteiger partial charge in [0, 0.05) is 12.5 Å². The predicted molar refractivity (Wildman–Crippen MR) is 148 cm³/mol. The summed E-state index contributed by atoms with van der Waals surface area (Å²) in [6.07, 6.45) is 1.05. The highest BCUT2D eigenvalue weighted by Gasteiger charge is 2.52.